The SMILES string of the molecule is CCCCn1c(-c2ccccc2)nc(-c2ccccc2)c1CN(CCc1ccc(O)cc1)Cc1ccc2c(c1)OCO2. The third kappa shape index (κ3) is 6.34. The maximum Gasteiger partial charge on any atom is 0.231 e. The van der Waals surface area contributed by atoms with E-state index in [9.17, 15) is 5.11 Å². The number of unbranched alkanes of at least 4 members (excludes halogenated alkanes) is 1. The summed E-state index contributed by atoms with van der Waals surface area (Å²) in [4.78, 5) is 7.80. The molecule has 0 spiro atoms. The fourth-order valence-corrected chi connectivity index (χ4v) is 5.51. The molecule has 0 saturated heterocycles. The van der Waals surface area contributed by atoms with Gasteiger partial charge < -0.3 is 19.1 Å². The molecule has 1 aliphatic rings. The van der Waals surface area contributed by atoms with Gasteiger partial charge in [0.15, 0.2) is 11.5 Å². The Morgan fingerprint density at radius 3 is 2.21 bits per heavy atom. The molecular weight excluding hydrogens is 522 g/mol. The highest BCUT2D eigenvalue weighted by Crippen LogP contribution is 2.34. The molecule has 0 saturated carbocycles. The van der Waals surface area contributed by atoms with Crippen molar-refractivity contribution in [2.45, 2.75) is 45.8 Å². The van der Waals surface area contributed by atoms with E-state index in [1.54, 1.807) is 12.1 Å². The number of hydrogen-bond acceptors (Lipinski definition) is 5. The molecule has 1 aromatic heterocycles. The summed E-state index contributed by atoms with van der Waals surface area (Å²) in [6.45, 7) is 5.74. The van der Waals surface area contributed by atoms with Crippen LogP contribution in [0.5, 0.6) is 17.2 Å². The van der Waals surface area contributed by atoms with E-state index in [1.807, 2.05) is 18.2 Å². The zero-order chi connectivity index (χ0) is 28.7. The number of hydrogen-bond donors (Lipinski definition) is 1. The topological polar surface area (TPSA) is 59.8 Å². The van der Waals surface area contributed by atoms with Crippen molar-refractivity contribution >= 4 is 0 Å². The highest BCUT2D eigenvalue weighted by molar-refractivity contribution is 5.68. The molecular formula is C36H37N3O3. The molecule has 6 rings (SSSR count). The molecule has 0 bridgehead atoms. The molecule has 0 radical (unpaired) electrons. The molecule has 214 valence electrons. The van der Waals surface area contributed by atoms with Crippen molar-refractivity contribution in [2.75, 3.05) is 13.3 Å². The Kier molecular flexibility index (Phi) is 8.52. The smallest absolute Gasteiger partial charge is 0.231 e. The summed E-state index contributed by atoms with van der Waals surface area (Å²) in [5, 5.41) is 9.79. The molecule has 5 aromatic rings. The maximum atomic E-state index is 9.79. The van der Waals surface area contributed by atoms with Crippen LogP contribution in [0.25, 0.3) is 22.6 Å². The minimum absolute atomic E-state index is 0.267. The number of fused-ring (bicyclic) bond motifs is 1. The minimum atomic E-state index is 0.267. The lowest BCUT2D eigenvalue weighted by Crippen LogP contribution is -2.27. The van der Waals surface area contributed by atoms with Gasteiger partial charge in [-0.2, -0.15) is 0 Å². The van der Waals surface area contributed by atoms with E-state index < -0.39 is 0 Å². The molecule has 4 aromatic carbocycles. The Balaban J connectivity index is 1.40. The molecule has 0 fully saturated rings. The average Bonchev–Trinajstić information content (AvgIpc) is 3.65. The molecule has 0 unspecified atom stereocenters. The quantitative estimate of drug-likeness (QED) is 0.170. The number of nitrogens with zero attached hydrogens (tertiary/aromatic N) is 3. The van der Waals surface area contributed by atoms with E-state index in [1.165, 1.54) is 16.8 Å². The van der Waals surface area contributed by atoms with E-state index in [0.717, 1.165) is 79.6 Å². The monoisotopic (exact) mass is 559 g/mol. The summed E-state index contributed by atoms with van der Waals surface area (Å²) in [6.07, 6.45) is 3.04. The molecule has 42 heavy (non-hydrogen) atoms. The summed E-state index contributed by atoms with van der Waals surface area (Å²) in [5.41, 5.74) is 6.88. The average molecular weight is 560 g/mol. The van der Waals surface area contributed by atoms with Crippen molar-refractivity contribution in [1.29, 1.82) is 0 Å². The van der Waals surface area contributed by atoms with Gasteiger partial charge in [-0.3, -0.25) is 4.90 Å². The number of rotatable bonds is 12. The lowest BCUT2D eigenvalue weighted by molar-refractivity contribution is 0.174. The Bertz CT molecular complexity index is 1600. The lowest BCUT2D eigenvalue weighted by Gasteiger charge is -2.25. The number of aromatic hydroxyl groups is 1. The highest BCUT2D eigenvalue weighted by Gasteiger charge is 2.22. The normalized spacial score (nSPS) is 12.2. The second-order valence-electron chi connectivity index (χ2n) is 10.8. The molecule has 1 N–H and O–H groups in total. The van der Waals surface area contributed by atoms with Crippen LogP contribution in [0.3, 0.4) is 0 Å². The van der Waals surface area contributed by atoms with Crippen LogP contribution in [0.15, 0.2) is 103 Å². The summed E-state index contributed by atoms with van der Waals surface area (Å²) in [7, 11) is 0. The second-order valence-corrected chi connectivity index (χ2v) is 10.8. The zero-order valence-corrected chi connectivity index (χ0v) is 24.1. The van der Waals surface area contributed by atoms with Crippen LogP contribution in [-0.2, 0) is 26.1 Å². The van der Waals surface area contributed by atoms with Crippen molar-refractivity contribution in [3.05, 3.63) is 120 Å². The Morgan fingerprint density at radius 2 is 1.48 bits per heavy atom. The molecule has 1 aliphatic heterocycles. The fraction of sp³-hybridized carbons (Fsp3) is 0.250. The fourth-order valence-electron chi connectivity index (χ4n) is 5.51. The highest BCUT2D eigenvalue weighted by atomic mass is 16.7. The molecule has 0 amide bonds. The number of phenolic OH excluding ortho intramolecular Hbond substituents is 1. The van der Waals surface area contributed by atoms with Gasteiger partial charge in [0.25, 0.3) is 0 Å². The van der Waals surface area contributed by atoms with Gasteiger partial charge in [0.1, 0.15) is 11.6 Å². The summed E-state index contributed by atoms with van der Waals surface area (Å²) < 4.78 is 13.7. The van der Waals surface area contributed by atoms with Crippen molar-refractivity contribution in [1.82, 2.24) is 14.5 Å². The van der Waals surface area contributed by atoms with Gasteiger partial charge in [-0.05, 0) is 48.2 Å². The van der Waals surface area contributed by atoms with E-state index in [0.29, 0.717) is 0 Å². The first kappa shape index (κ1) is 27.6. The standard InChI is InChI=1S/C36H37N3O3/c1-2-3-21-39-32(35(29-10-6-4-7-11-29)37-36(39)30-12-8-5-9-13-30)25-38(22-20-27-14-17-31(40)18-15-27)24-28-16-19-33-34(23-28)42-26-41-33/h4-19,23,40H,2-3,20-22,24-26H2,1H3. The van der Waals surface area contributed by atoms with Crippen LogP contribution < -0.4 is 9.47 Å². The minimum Gasteiger partial charge on any atom is -0.508 e. The first-order chi connectivity index (χ1) is 20.7. The maximum absolute atomic E-state index is 9.79. The van der Waals surface area contributed by atoms with Gasteiger partial charge >= 0.3 is 0 Å². The Morgan fingerprint density at radius 1 is 0.786 bits per heavy atom. The van der Waals surface area contributed by atoms with Crippen LogP contribution >= 0.6 is 0 Å². The third-order valence-electron chi connectivity index (χ3n) is 7.76. The van der Waals surface area contributed by atoms with Crippen molar-refractivity contribution < 1.29 is 14.6 Å². The van der Waals surface area contributed by atoms with Crippen LogP contribution in [-0.4, -0.2) is 32.9 Å². The van der Waals surface area contributed by atoms with Crippen molar-refractivity contribution in [2.24, 2.45) is 0 Å². The molecule has 6 heteroatoms. The number of phenols is 1. The number of aromatic nitrogens is 2. The molecule has 0 atom stereocenters. The van der Waals surface area contributed by atoms with Crippen LogP contribution in [0.1, 0.15) is 36.6 Å². The van der Waals surface area contributed by atoms with E-state index >= 15 is 0 Å². The second kappa shape index (κ2) is 13.0. The number of imidazole rings is 1. The summed E-state index contributed by atoms with van der Waals surface area (Å²) in [6, 6.07) is 34.8. The summed E-state index contributed by atoms with van der Waals surface area (Å²) in [5.74, 6) is 2.90. The van der Waals surface area contributed by atoms with E-state index in [-0.39, 0.29) is 12.5 Å². The van der Waals surface area contributed by atoms with Gasteiger partial charge in [0.2, 0.25) is 6.79 Å². The number of ether oxygens (including phenoxy) is 2. The van der Waals surface area contributed by atoms with Crippen LogP contribution in [0.4, 0.5) is 0 Å². The van der Waals surface area contributed by atoms with Gasteiger partial charge in [-0.15, -0.1) is 0 Å². The summed E-state index contributed by atoms with van der Waals surface area (Å²) >= 11 is 0. The molecule has 6 nitrogen and oxygen atoms in total. The predicted molar refractivity (Wildman–Crippen MR) is 166 cm³/mol. The first-order valence-electron chi connectivity index (χ1n) is 14.8. The van der Waals surface area contributed by atoms with Crippen LogP contribution in [0.2, 0.25) is 0 Å². The number of benzene rings is 4. The van der Waals surface area contributed by atoms with E-state index in [4.69, 9.17) is 14.5 Å². The van der Waals surface area contributed by atoms with Crippen LogP contribution in [0, 0.1) is 0 Å². The van der Waals surface area contributed by atoms with Gasteiger partial charge in [-0.25, -0.2) is 4.98 Å². The third-order valence-corrected chi connectivity index (χ3v) is 7.76. The lowest BCUT2D eigenvalue weighted by atomic mass is 10.1. The van der Waals surface area contributed by atoms with Crippen molar-refractivity contribution in [3.8, 4) is 39.9 Å². The molecule has 0 aliphatic carbocycles. The Labute approximate surface area is 247 Å². The van der Waals surface area contributed by atoms with E-state index in [2.05, 4.69) is 89.2 Å². The van der Waals surface area contributed by atoms with Crippen molar-refractivity contribution in [3.63, 3.8) is 0 Å². The van der Waals surface area contributed by atoms with Gasteiger partial charge in [-0.1, -0.05) is 92.2 Å². The zero-order valence-electron chi connectivity index (χ0n) is 24.1. The van der Waals surface area contributed by atoms with Gasteiger partial charge in [0.05, 0.1) is 11.4 Å². The first-order valence-corrected chi connectivity index (χ1v) is 14.8. The predicted octanol–water partition coefficient (Wildman–Crippen LogP) is 7.70. The molecule has 2 heterocycles. The van der Waals surface area contributed by atoms with Gasteiger partial charge in [0, 0.05) is 37.3 Å². The largest absolute Gasteiger partial charge is 0.508 e. The Hall–Kier alpha value is -4.55.